The molecule has 110 valence electrons. The number of nitrogens with zero attached hydrogens (tertiary/aromatic N) is 2. The van der Waals surface area contributed by atoms with Crippen LogP contribution in [0.2, 0.25) is 0 Å². The molecule has 0 aliphatic rings. The van der Waals surface area contributed by atoms with Crippen molar-refractivity contribution < 1.29 is 14.0 Å². The Morgan fingerprint density at radius 3 is 2.68 bits per heavy atom. The fourth-order valence-electron chi connectivity index (χ4n) is 1.99. The average molecular weight is 271 g/mol. The van der Waals surface area contributed by atoms with Gasteiger partial charge in [0.25, 0.3) is 0 Å². The molecule has 1 N–H and O–H groups in total. The minimum absolute atomic E-state index is 0.0810. The number of likely N-dealkylation sites (N-methyl/N-ethyl adjacent to an activating group) is 1. The molecule has 0 aliphatic heterocycles. The summed E-state index contributed by atoms with van der Waals surface area (Å²) in [6.07, 6.45) is 2.50. The second kappa shape index (κ2) is 9.01. The molecule has 0 bridgehead atoms. The maximum Gasteiger partial charge on any atom is 0.228 e. The van der Waals surface area contributed by atoms with E-state index in [0.29, 0.717) is 24.7 Å². The van der Waals surface area contributed by atoms with Gasteiger partial charge in [-0.3, -0.25) is 0 Å². The number of methoxy groups -OCH3 is 2. The Morgan fingerprint density at radius 2 is 2.11 bits per heavy atom. The Bertz CT molecular complexity index is 338. The average Bonchev–Trinajstić information content (AvgIpc) is 2.85. The fourth-order valence-corrected chi connectivity index (χ4v) is 1.99. The predicted molar refractivity (Wildman–Crippen MR) is 72.0 cm³/mol. The van der Waals surface area contributed by atoms with Crippen LogP contribution in [0.25, 0.3) is 0 Å². The maximum absolute atomic E-state index is 5.36. The van der Waals surface area contributed by atoms with E-state index in [1.165, 1.54) is 0 Å². The number of hydrogen-bond donors (Lipinski definition) is 1. The highest BCUT2D eigenvalue weighted by atomic mass is 16.5. The molecular weight excluding hydrogens is 246 g/mol. The van der Waals surface area contributed by atoms with Gasteiger partial charge in [-0.1, -0.05) is 25.4 Å². The van der Waals surface area contributed by atoms with Crippen molar-refractivity contribution in [3.8, 4) is 0 Å². The number of hydrogen-bond acceptors (Lipinski definition) is 6. The molecule has 2 unspecified atom stereocenters. The lowest BCUT2D eigenvalue weighted by atomic mass is 10.2. The van der Waals surface area contributed by atoms with Crippen molar-refractivity contribution in [3.05, 3.63) is 11.7 Å². The minimum atomic E-state index is -0.0810. The first kappa shape index (κ1) is 16.1. The maximum atomic E-state index is 5.36. The van der Waals surface area contributed by atoms with Crippen LogP contribution < -0.4 is 5.32 Å². The van der Waals surface area contributed by atoms with Gasteiger partial charge in [0.15, 0.2) is 0 Å². The largest absolute Gasteiger partial charge is 0.383 e. The van der Waals surface area contributed by atoms with Crippen molar-refractivity contribution in [2.75, 3.05) is 27.4 Å². The molecule has 0 fully saturated rings. The molecule has 1 heterocycles. The molecule has 19 heavy (non-hydrogen) atoms. The summed E-state index contributed by atoms with van der Waals surface area (Å²) in [4.78, 5) is 4.41. The Morgan fingerprint density at radius 1 is 1.32 bits per heavy atom. The lowest BCUT2D eigenvalue weighted by Gasteiger charge is -2.14. The smallest absolute Gasteiger partial charge is 0.228 e. The van der Waals surface area contributed by atoms with Crippen LogP contribution in [0, 0.1) is 0 Å². The van der Waals surface area contributed by atoms with E-state index < -0.39 is 0 Å². The molecule has 0 radical (unpaired) electrons. The zero-order valence-electron chi connectivity index (χ0n) is 12.3. The Balaban J connectivity index is 2.61. The molecule has 0 aromatic carbocycles. The molecule has 0 amide bonds. The van der Waals surface area contributed by atoms with Gasteiger partial charge in [-0.25, -0.2) is 0 Å². The van der Waals surface area contributed by atoms with E-state index in [1.54, 1.807) is 14.2 Å². The van der Waals surface area contributed by atoms with Crippen LogP contribution in [0.1, 0.15) is 44.5 Å². The van der Waals surface area contributed by atoms with Crippen molar-refractivity contribution in [1.82, 2.24) is 15.5 Å². The molecule has 6 heteroatoms. The van der Waals surface area contributed by atoms with Crippen molar-refractivity contribution in [2.45, 2.75) is 45.3 Å². The summed E-state index contributed by atoms with van der Waals surface area (Å²) < 4.78 is 15.8. The topological polar surface area (TPSA) is 69.4 Å². The van der Waals surface area contributed by atoms with Gasteiger partial charge in [-0.2, -0.15) is 4.98 Å². The third-order valence-electron chi connectivity index (χ3n) is 2.89. The normalized spacial score (nSPS) is 14.5. The fraction of sp³-hybridized carbons (Fsp3) is 0.846. The standard InChI is InChI=1S/C13H25N3O3/c1-5-7-11(18-4)13-15-12(19-16-13)8-10(9-17-3)14-6-2/h10-11,14H,5-9H2,1-4H3. The van der Waals surface area contributed by atoms with E-state index in [1.807, 2.05) is 0 Å². The van der Waals surface area contributed by atoms with E-state index in [-0.39, 0.29) is 12.1 Å². The third kappa shape index (κ3) is 5.26. The van der Waals surface area contributed by atoms with Crippen LogP contribution in [-0.4, -0.2) is 43.6 Å². The Kier molecular flexibility index (Phi) is 7.62. The lowest BCUT2D eigenvalue weighted by Crippen LogP contribution is -2.35. The summed E-state index contributed by atoms with van der Waals surface area (Å²) in [6.45, 7) is 5.66. The van der Waals surface area contributed by atoms with Gasteiger partial charge >= 0.3 is 0 Å². The molecule has 1 aromatic heterocycles. The zero-order chi connectivity index (χ0) is 14.1. The number of aromatic nitrogens is 2. The molecule has 0 saturated heterocycles. The summed E-state index contributed by atoms with van der Waals surface area (Å²) in [5, 5.41) is 7.33. The van der Waals surface area contributed by atoms with E-state index in [0.717, 1.165) is 19.4 Å². The van der Waals surface area contributed by atoms with Crippen LogP contribution in [-0.2, 0) is 15.9 Å². The predicted octanol–water partition coefficient (Wildman–Crippen LogP) is 1.72. The van der Waals surface area contributed by atoms with Crippen molar-refractivity contribution in [2.24, 2.45) is 0 Å². The van der Waals surface area contributed by atoms with Gasteiger partial charge in [0, 0.05) is 26.7 Å². The van der Waals surface area contributed by atoms with Crippen molar-refractivity contribution in [3.63, 3.8) is 0 Å². The van der Waals surface area contributed by atoms with E-state index in [4.69, 9.17) is 14.0 Å². The summed E-state index contributed by atoms with van der Waals surface area (Å²) >= 11 is 0. The Hall–Kier alpha value is -0.980. The van der Waals surface area contributed by atoms with Crippen molar-refractivity contribution in [1.29, 1.82) is 0 Å². The summed E-state index contributed by atoms with van der Waals surface area (Å²) in [5.41, 5.74) is 0. The first-order valence-corrected chi connectivity index (χ1v) is 6.82. The second-order valence-electron chi connectivity index (χ2n) is 4.47. The van der Waals surface area contributed by atoms with Crippen LogP contribution in [0.15, 0.2) is 4.52 Å². The van der Waals surface area contributed by atoms with E-state index in [2.05, 4.69) is 29.3 Å². The van der Waals surface area contributed by atoms with Crippen molar-refractivity contribution >= 4 is 0 Å². The molecule has 2 atom stereocenters. The number of nitrogens with one attached hydrogen (secondary N) is 1. The second-order valence-corrected chi connectivity index (χ2v) is 4.47. The molecule has 0 saturated carbocycles. The summed E-state index contributed by atoms with van der Waals surface area (Å²) in [6, 6.07) is 0.190. The van der Waals surface area contributed by atoms with E-state index in [9.17, 15) is 0 Å². The highest BCUT2D eigenvalue weighted by Crippen LogP contribution is 2.19. The van der Waals surface area contributed by atoms with Crippen LogP contribution in [0.4, 0.5) is 0 Å². The van der Waals surface area contributed by atoms with Crippen LogP contribution in [0.3, 0.4) is 0 Å². The summed E-state index contributed by atoms with van der Waals surface area (Å²) in [7, 11) is 3.36. The monoisotopic (exact) mass is 271 g/mol. The third-order valence-corrected chi connectivity index (χ3v) is 2.89. The number of rotatable bonds is 10. The van der Waals surface area contributed by atoms with Crippen LogP contribution >= 0.6 is 0 Å². The van der Waals surface area contributed by atoms with Gasteiger partial charge in [0.05, 0.1) is 6.61 Å². The highest BCUT2D eigenvalue weighted by molar-refractivity contribution is 4.93. The Labute approximate surface area is 114 Å². The van der Waals surface area contributed by atoms with Gasteiger partial charge in [0.2, 0.25) is 11.7 Å². The lowest BCUT2D eigenvalue weighted by molar-refractivity contribution is 0.0854. The zero-order valence-corrected chi connectivity index (χ0v) is 12.3. The molecule has 1 aromatic rings. The molecule has 0 spiro atoms. The number of ether oxygens (including phenoxy) is 2. The van der Waals surface area contributed by atoms with Gasteiger partial charge in [-0.05, 0) is 13.0 Å². The quantitative estimate of drug-likeness (QED) is 0.699. The highest BCUT2D eigenvalue weighted by Gasteiger charge is 2.19. The van der Waals surface area contributed by atoms with Gasteiger partial charge in [0.1, 0.15) is 6.10 Å². The van der Waals surface area contributed by atoms with Crippen LogP contribution in [0.5, 0.6) is 0 Å². The van der Waals surface area contributed by atoms with E-state index >= 15 is 0 Å². The molecular formula is C13H25N3O3. The van der Waals surface area contributed by atoms with Gasteiger partial charge in [-0.15, -0.1) is 0 Å². The summed E-state index contributed by atoms with van der Waals surface area (Å²) in [5.74, 6) is 1.25. The first-order chi connectivity index (χ1) is 9.24. The van der Waals surface area contributed by atoms with Gasteiger partial charge < -0.3 is 19.3 Å². The molecule has 0 aliphatic carbocycles. The molecule has 6 nitrogen and oxygen atoms in total. The molecule has 1 rings (SSSR count). The first-order valence-electron chi connectivity index (χ1n) is 6.82. The minimum Gasteiger partial charge on any atom is -0.383 e. The SMILES string of the molecule is CCCC(OC)c1noc(CC(COC)NCC)n1.